The third-order valence-corrected chi connectivity index (χ3v) is 6.96. The number of unbranched alkanes of at least 4 members (excludes halogenated alkanes) is 8. The second kappa shape index (κ2) is 18.0. The van der Waals surface area contributed by atoms with Gasteiger partial charge < -0.3 is 9.47 Å². The number of halogens is 2. The van der Waals surface area contributed by atoms with Crippen molar-refractivity contribution in [2.75, 3.05) is 0 Å². The fourth-order valence-corrected chi connectivity index (χ4v) is 4.35. The maximum atomic E-state index is 12.8. The Balaban J connectivity index is 1.60. The van der Waals surface area contributed by atoms with Crippen LogP contribution in [0.25, 0.3) is 0 Å². The second-order valence-electron chi connectivity index (χ2n) is 9.86. The molecule has 0 saturated carbocycles. The molecular formula is C33H36Cl2N2O5. The molecule has 3 rings (SSSR count). The van der Waals surface area contributed by atoms with Crippen molar-refractivity contribution in [3.63, 3.8) is 0 Å². The van der Waals surface area contributed by atoms with Crippen LogP contribution < -0.4 is 14.9 Å². The molecular weight excluding hydrogens is 575 g/mol. The smallest absolute Gasteiger partial charge is 0.343 e. The average Bonchev–Trinajstić information content (AvgIpc) is 2.98. The number of benzene rings is 3. The quantitative estimate of drug-likeness (QED) is 0.0574. The van der Waals surface area contributed by atoms with E-state index in [2.05, 4.69) is 17.5 Å². The standard InChI is InChI=1S/C33H36Cl2N2O5/c1-2-3-4-5-6-7-8-9-10-11-31(38)37-36-23-26-16-21-29(41-32(39)24-12-17-27(34)18-13-24)22-30(26)42-33(40)25-14-19-28(35)20-15-25/h12-23H,2-11H2,1H3,(H,37,38)/b36-23+. The van der Waals surface area contributed by atoms with Gasteiger partial charge in [0.2, 0.25) is 5.91 Å². The number of esters is 2. The highest BCUT2D eigenvalue weighted by Crippen LogP contribution is 2.26. The first-order chi connectivity index (χ1) is 20.4. The number of hydrogen-bond acceptors (Lipinski definition) is 6. The van der Waals surface area contributed by atoms with E-state index < -0.39 is 11.9 Å². The summed E-state index contributed by atoms with van der Waals surface area (Å²) in [6.07, 6.45) is 12.3. The first-order valence-corrected chi connectivity index (χ1v) is 15.0. The minimum Gasteiger partial charge on any atom is -0.423 e. The zero-order valence-electron chi connectivity index (χ0n) is 23.7. The van der Waals surface area contributed by atoms with Crippen LogP contribution in [0.2, 0.25) is 10.0 Å². The van der Waals surface area contributed by atoms with E-state index in [1.54, 1.807) is 48.5 Å². The van der Waals surface area contributed by atoms with Gasteiger partial charge in [0.05, 0.1) is 17.3 Å². The van der Waals surface area contributed by atoms with E-state index in [-0.39, 0.29) is 23.0 Å². The molecule has 0 bridgehead atoms. The van der Waals surface area contributed by atoms with Crippen LogP contribution in [0, 0.1) is 0 Å². The molecule has 0 aliphatic carbocycles. The molecule has 9 heteroatoms. The highest BCUT2D eigenvalue weighted by Gasteiger charge is 2.15. The Bertz CT molecular complexity index is 1340. The molecule has 1 N–H and O–H groups in total. The number of carbonyl (C=O) groups is 3. The van der Waals surface area contributed by atoms with Gasteiger partial charge in [0.25, 0.3) is 0 Å². The van der Waals surface area contributed by atoms with Crippen LogP contribution in [-0.2, 0) is 4.79 Å². The molecule has 3 aromatic rings. The molecule has 0 unspecified atom stereocenters. The molecule has 0 atom stereocenters. The van der Waals surface area contributed by atoms with Crippen molar-refractivity contribution < 1.29 is 23.9 Å². The Kier molecular flexibility index (Phi) is 14.1. The van der Waals surface area contributed by atoms with Crippen LogP contribution in [0.15, 0.2) is 71.8 Å². The van der Waals surface area contributed by atoms with E-state index in [0.29, 0.717) is 27.6 Å². The lowest BCUT2D eigenvalue weighted by Crippen LogP contribution is -2.17. The van der Waals surface area contributed by atoms with E-state index in [4.69, 9.17) is 32.7 Å². The van der Waals surface area contributed by atoms with Gasteiger partial charge in [0.15, 0.2) is 0 Å². The Morgan fingerprint density at radius 1 is 0.714 bits per heavy atom. The average molecular weight is 612 g/mol. The third-order valence-electron chi connectivity index (χ3n) is 6.46. The lowest BCUT2D eigenvalue weighted by atomic mass is 10.1. The van der Waals surface area contributed by atoms with Crippen LogP contribution in [-0.4, -0.2) is 24.1 Å². The zero-order chi connectivity index (χ0) is 30.2. The first kappa shape index (κ1) is 32.8. The minimum atomic E-state index is -0.642. The van der Waals surface area contributed by atoms with Gasteiger partial charge in [0.1, 0.15) is 11.5 Å². The summed E-state index contributed by atoms with van der Waals surface area (Å²) >= 11 is 11.8. The number of carbonyl (C=O) groups excluding carboxylic acids is 3. The third kappa shape index (κ3) is 11.7. The van der Waals surface area contributed by atoms with Crippen molar-refractivity contribution in [2.24, 2.45) is 5.10 Å². The maximum Gasteiger partial charge on any atom is 0.343 e. The number of nitrogens with one attached hydrogen (secondary N) is 1. The first-order valence-electron chi connectivity index (χ1n) is 14.3. The second-order valence-corrected chi connectivity index (χ2v) is 10.7. The molecule has 42 heavy (non-hydrogen) atoms. The van der Waals surface area contributed by atoms with Gasteiger partial charge in [-0.1, -0.05) is 81.5 Å². The van der Waals surface area contributed by atoms with Crippen LogP contribution >= 0.6 is 23.2 Å². The molecule has 7 nitrogen and oxygen atoms in total. The van der Waals surface area contributed by atoms with Gasteiger partial charge in [-0.15, -0.1) is 0 Å². The fraction of sp³-hybridized carbons (Fsp3) is 0.333. The summed E-state index contributed by atoms with van der Waals surface area (Å²) in [5.74, 6) is -1.19. The number of nitrogens with zero attached hydrogens (tertiary/aromatic N) is 1. The van der Waals surface area contributed by atoms with Crippen molar-refractivity contribution in [1.29, 1.82) is 0 Å². The van der Waals surface area contributed by atoms with Crippen molar-refractivity contribution in [3.05, 3.63) is 93.5 Å². The van der Waals surface area contributed by atoms with Crippen LogP contribution in [0.3, 0.4) is 0 Å². The Morgan fingerprint density at radius 3 is 1.81 bits per heavy atom. The molecule has 0 aliphatic heterocycles. The van der Waals surface area contributed by atoms with Gasteiger partial charge >= 0.3 is 11.9 Å². The Hall–Kier alpha value is -3.68. The maximum absolute atomic E-state index is 12.8. The topological polar surface area (TPSA) is 94.1 Å². The van der Waals surface area contributed by atoms with Crippen LogP contribution in [0.5, 0.6) is 11.5 Å². The lowest BCUT2D eigenvalue weighted by molar-refractivity contribution is -0.121. The zero-order valence-corrected chi connectivity index (χ0v) is 25.3. The Labute approximate surface area is 257 Å². The highest BCUT2D eigenvalue weighted by atomic mass is 35.5. The van der Waals surface area contributed by atoms with Crippen LogP contribution in [0.1, 0.15) is 97.4 Å². The minimum absolute atomic E-state index is 0.0910. The molecule has 0 radical (unpaired) electrons. The molecule has 3 aromatic carbocycles. The molecule has 0 fully saturated rings. The van der Waals surface area contributed by atoms with E-state index in [0.717, 1.165) is 19.3 Å². The molecule has 0 saturated heterocycles. The summed E-state index contributed by atoms with van der Waals surface area (Å²) in [6.45, 7) is 2.21. The van der Waals surface area contributed by atoms with Gasteiger partial charge in [0, 0.05) is 28.1 Å². The van der Waals surface area contributed by atoms with Crippen molar-refractivity contribution in [3.8, 4) is 11.5 Å². The van der Waals surface area contributed by atoms with Gasteiger partial charge in [-0.2, -0.15) is 5.10 Å². The van der Waals surface area contributed by atoms with Crippen molar-refractivity contribution >= 4 is 47.3 Å². The lowest BCUT2D eigenvalue weighted by Gasteiger charge is -2.11. The van der Waals surface area contributed by atoms with E-state index in [1.807, 2.05) is 0 Å². The molecule has 0 aliphatic rings. The fourth-order valence-electron chi connectivity index (χ4n) is 4.10. The van der Waals surface area contributed by atoms with E-state index in [9.17, 15) is 14.4 Å². The molecule has 0 heterocycles. The number of rotatable bonds is 16. The summed E-state index contributed by atoms with van der Waals surface area (Å²) in [5, 5.41) is 5.02. The van der Waals surface area contributed by atoms with Crippen molar-refractivity contribution in [2.45, 2.75) is 71.1 Å². The summed E-state index contributed by atoms with van der Waals surface area (Å²) < 4.78 is 11.1. The molecule has 0 spiro atoms. The van der Waals surface area contributed by atoms with Gasteiger partial charge in [-0.05, 0) is 67.1 Å². The molecule has 0 aromatic heterocycles. The van der Waals surface area contributed by atoms with Crippen LogP contribution in [0.4, 0.5) is 0 Å². The normalized spacial score (nSPS) is 10.9. The Morgan fingerprint density at radius 2 is 1.24 bits per heavy atom. The predicted octanol–water partition coefficient (Wildman–Crippen LogP) is 8.80. The number of hydrogen-bond donors (Lipinski definition) is 1. The summed E-state index contributed by atoms with van der Waals surface area (Å²) in [6, 6.07) is 17.0. The van der Waals surface area contributed by atoms with Gasteiger partial charge in [-0.25, -0.2) is 15.0 Å². The van der Waals surface area contributed by atoms with Gasteiger partial charge in [-0.3, -0.25) is 4.79 Å². The SMILES string of the molecule is CCCCCCCCCCCC(=O)N/N=C/c1ccc(OC(=O)c2ccc(Cl)cc2)cc1OC(=O)c1ccc(Cl)cc1. The predicted molar refractivity (Wildman–Crippen MR) is 167 cm³/mol. The molecule has 222 valence electrons. The highest BCUT2D eigenvalue weighted by molar-refractivity contribution is 6.31. The summed E-state index contributed by atoms with van der Waals surface area (Å²) in [7, 11) is 0. The van der Waals surface area contributed by atoms with E-state index >= 15 is 0 Å². The van der Waals surface area contributed by atoms with Crippen molar-refractivity contribution in [1.82, 2.24) is 5.43 Å². The monoisotopic (exact) mass is 610 g/mol. The molecule has 1 amide bonds. The largest absolute Gasteiger partial charge is 0.423 e. The summed E-state index contributed by atoms with van der Waals surface area (Å²) in [5.41, 5.74) is 3.51. The van der Waals surface area contributed by atoms with E-state index in [1.165, 1.54) is 62.9 Å². The number of amides is 1. The summed E-state index contributed by atoms with van der Waals surface area (Å²) in [4.78, 5) is 37.6. The number of ether oxygens (including phenoxy) is 2. The number of hydrazone groups is 1.